The molecule has 0 saturated carbocycles. The third-order valence-electron chi connectivity index (χ3n) is 5.81. The monoisotopic (exact) mass is 464 g/mol. The van der Waals surface area contributed by atoms with Gasteiger partial charge in [0.25, 0.3) is 11.8 Å². The number of nitrogens with one attached hydrogen (secondary N) is 4. The van der Waals surface area contributed by atoms with Gasteiger partial charge < -0.3 is 15.6 Å². The second kappa shape index (κ2) is 12.6. The highest BCUT2D eigenvalue weighted by Crippen LogP contribution is 2.25. The second-order valence-corrected chi connectivity index (χ2v) is 8.27. The number of aromatic nitrogens is 1. The molecule has 3 rings (SSSR count). The average molecular weight is 465 g/mol. The normalized spacial score (nSPS) is 11.7. The van der Waals surface area contributed by atoms with Crippen molar-refractivity contribution in [3.05, 3.63) is 71.4 Å². The Labute approximate surface area is 199 Å². The lowest BCUT2D eigenvalue weighted by atomic mass is 10.0. The van der Waals surface area contributed by atoms with Gasteiger partial charge in [-0.05, 0) is 36.8 Å². The van der Waals surface area contributed by atoms with Crippen LogP contribution < -0.4 is 16.1 Å². The SMILES string of the molecule is CCCCCCCCNC(=O)[C@@H](NC(=O)c1ccc(C(=O)NO)cc1)c1c[nH]c2ccccc12. The van der Waals surface area contributed by atoms with Crippen molar-refractivity contribution in [3.8, 4) is 0 Å². The van der Waals surface area contributed by atoms with E-state index in [0.717, 1.165) is 30.2 Å². The number of para-hydroxylation sites is 1. The van der Waals surface area contributed by atoms with Gasteiger partial charge in [0.1, 0.15) is 6.04 Å². The molecule has 0 aliphatic carbocycles. The lowest BCUT2D eigenvalue weighted by Gasteiger charge is -2.18. The van der Waals surface area contributed by atoms with Gasteiger partial charge in [0, 0.05) is 40.3 Å². The fourth-order valence-electron chi connectivity index (χ4n) is 3.89. The minimum Gasteiger partial charge on any atom is -0.361 e. The summed E-state index contributed by atoms with van der Waals surface area (Å²) in [6.45, 7) is 2.73. The number of benzene rings is 2. The number of hydrogen-bond donors (Lipinski definition) is 5. The molecule has 0 aliphatic heterocycles. The Morgan fingerprint density at radius 3 is 2.24 bits per heavy atom. The highest BCUT2D eigenvalue weighted by atomic mass is 16.5. The van der Waals surface area contributed by atoms with Gasteiger partial charge in [-0.1, -0.05) is 57.2 Å². The molecule has 0 radical (unpaired) electrons. The molecule has 0 bridgehead atoms. The number of unbranched alkanes of at least 4 members (excludes halogenated alkanes) is 5. The maximum absolute atomic E-state index is 13.1. The molecule has 1 heterocycles. The van der Waals surface area contributed by atoms with Crippen LogP contribution in [-0.2, 0) is 4.79 Å². The molecule has 8 heteroatoms. The van der Waals surface area contributed by atoms with Crippen LogP contribution in [0.25, 0.3) is 10.9 Å². The largest absolute Gasteiger partial charge is 0.361 e. The van der Waals surface area contributed by atoms with E-state index in [-0.39, 0.29) is 11.5 Å². The zero-order valence-electron chi connectivity index (χ0n) is 19.4. The summed E-state index contributed by atoms with van der Waals surface area (Å²) in [4.78, 5) is 40.8. The average Bonchev–Trinajstić information content (AvgIpc) is 3.30. The number of carbonyl (C=O) groups is 3. The molecule has 8 nitrogen and oxygen atoms in total. The molecule has 0 saturated heterocycles. The van der Waals surface area contributed by atoms with E-state index in [2.05, 4.69) is 22.5 Å². The van der Waals surface area contributed by atoms with Crippen molar-refractivity contribution in [2.24, 2.45) is 0 Å². The molecule has 0 aliphatic rings. The molecule has 3 aromatic rings. The Morgan fingerprint density at radius 1 is 0.882 bits per heavy atom. The van der Waals surface area contributed by atoms with E-state index in [1.54, 1.807) is 11.7 Å². The first-order chi connectivity index (χ1) is 16.5. The number of hydroxylamine groups is 1. The molecule has 1 aromatic heterocycles. The molecule has 180 valence electrons. The van der Waals surface area contributed by atoms with Crippen molar-refractivity contribution in [1.82, 2.24) is 21.1 Å². The van der Waals surface area contributed by atoms with Gasteiger partial charge in [-0.15, -0.1) is 0 Å². The molecular weight excluding hydrogens is 432 g/mol. The molecule has 1 atom stereocenters. The van der Waals surface area contributed by atoms with Crippen LogP contribution in [0.2, 0.25) is 0 Å². The van der Waals surface area contributed by atoms with Crippen LogP contribution >= 0.6 is 0 Å². The van der Waals surface area contributed by atoms with Crippen molar-refractivity contribution in [3.63, 3.8) is 0 Å². The second-order valence-electron chi connectivity index (χ2n) is 8.27. The van der Waals surface area contributed by atoms with E-state index in [1.165, 1.54) is 43.5 Å². The maximum atomic E-state index is 13.1. The first kappa shape index (κ1) is 25.0. The van der Waals surface area contributed by atoms with Crippen LogP contribution in [0.4, 0.5) is 0 Å². The van der Waals surface area contributed by atoms with Gasteiger partial charge in [-0.2, -0.15) is 0 Å². The molecule has 2 aromatic carbocycles. The number of aromatic amines is 1. The Bertz CT molecular complexity index is 1110. The lowest BCUT2D eigenvalue weighted by molar-refractivity contribution is -0.123. The zero-order valence-corrected chi connectivity index (χ0v) is 19.4. The molecular formula is C26H32N4O4. The van der Waals surface area contributed by atoms with E-state index >= 15 is 0 Å². The molecule has 3 amide bonds. The first-order valence-corrected chi connectivity index (χ1v) is 11.7. The van der Waals surface area contributed by atoms with Gasteiger partial charge in [-0.3, -0.25) is 19.6 Å². The number of rotatable bonds is 12. The van der Waals surface area contributed by atoms with Crippen LogP contribution in [0.5, 0.6) is 0 Å². The lowest BCUT2D eigenvalue weighted by Crippen LogP contribution is -2.40. The minimum atomic E-state index is -0.885. The standard InChI is InChI=1S/C26H32N4O4/c1-2-3-4-5-6-9-16-27-26(33)23(21-17-28-22-11-8-7-10-20(21)22)29-24(31)18-12-14-19(15-13-18)25(32)30-34/h7-8,10-15,17,23,28,34H,2-6,9,16H2,1H3,(H,27,33)(H,29,31)(H,30,32)/t23-/m0/s1. The highest BCUT2D eigenvalue weighted by molar-refractivity contribution is 6.01. The molecule has 34 heavy (non-hydrogen) atoms. The van der Waals surface area contributed by atoms with Crippen molar-refractivity contribution in [2.45, 2.75) is 51.5 Å². The van der Waals surface area contributed by atoms with E-state index < -0.39 is 17.9 Å². The quantitative estimate of drug-likeness (QED) is 0.156. The number of fused-ring (bicyclic) bond motifs is 1. The van der Waals surface area contributed by atoms with Crippen LogP contribution in [0, 0.1) is 0 Å². The number of hydrogen-bond acceptors (Lipinski definition) is 4. The molecule has 0 fully saturated rings. The van der Waals surface area contributed by atoms with Gasteiger partial charge in [0.05, 0.1) is 0 Å². The third-order valence-corrected chi connectivity index (χ3v) is 5.81. The van der Waals surface area contributed by atoms with E-state index in [0.29, 0.717) is 17.7 Å². The topological polar surface area (TPSA) is 123 Å². The molecule has 0 unspecified atom stereocenters. The van der Waals surface area contributed by atoms with Crippen LogP contribution in [0.3, 0.4) is 0 Å². The summed E-state index contributed by atoms with van der Waals surface area (Å²) in [5, 5.41) is 15.4. The van der Waals surface area contributed by atoms with Gasteiger partial charge in [-0.25, -0.2) is 5.48 Å². The summed E-state index contributed by atoms with van der Waals surface area (Å²) in [7, 11) is 0. The van der Waals surface area contributed by atoms with Gasteiger partial charge in [0.2, 0.25) is 5.91 Å². The molecule has 0 spiro atoms. The van der Waals surface area contributed by atoms with E-state index in [1.807, 2.05) is 24.3 Å². The maximum Gasteiger partial charge on any atom is 0.274 e. The zero-order chi connectivity index (χ0) is 24.3. The Hall–Kier alpha value is -3.65. The van der Waals surface area contributed by atoms with Crippen molar-refractivity contribution in [2.75, 3.05) is 6.54 Å². The summed E-state index contributed by atoms with van der Waals surface area (Å²) >= 11 is 0. The van der Waals surface area contributed by atoms with Gasteiger partial charge in [0.15, 0.2) is 0 Å². The number of amides is 3. The van der Waals surface area contributed by atoms with Crippen molar-refractivity contribution >= 4 is 28.6 Å². The summed E-state index contributed by atoms with van der Waals surface area (Å²) in [6.07, 6.45) is 8.46. The summed E-state index contributed by atoms with van der Waals surface area (Å²) in [5.41, 5.74) is 3.62. The number of H-pyrrole nitrogens is 1. The Morgan fingerprint density at radius 2 is 1.53 bits per heavy atom. The summed E-state index contributed by atoms with van der Waals surface area (Å²) in [5.74, 6) is -1.39. The molecule has 5 N–H and O–H groups in total. The fourth-order valence-corrected chi connectivity index (χ4v) is 3.89. The van der Waals surface area contributed by atoms with E-state index in [9.17, 15) is 14.4 Å². The predicted molar refractivity (Wildman–Crippen MR) is 131 cm³/mol. The van der Waals surface area contributed by atoms with Crippen LogP contribution in [-0.4, -0.2) is 34.5 Å². The third kappa shape index (κ3) is 6.45. The summed E-state index contributed by atoms with van der Waals surface area (Å²) in [6, 6.07) is 12.5. The Balaban J connectivity index is 1.72. The smallest absolute Gasteiger partial charge is 0.274 e. The predicted octanol–water partition coefficient (Wildman–Crippen LogP) is 4.23. The first-order valence-electron chi connectivity index (χ1n) is 11.7. The van der Waals surface area contributed by atoms with Crippen molar-refractivity contribution in [1.29, 1.82) is 0 Å². The minimum absolute atomic E-state index is 0.212. The summed E-state index contributed by atoms with van der Waals surface area (Å²) < 4.78 is 0. The van der Waals surface area contributed by atoms with Crippen LogP contribution in [0.1, 0.15) is 77.8 Å². The highest BCUT2D eigenvalue weighted by Gasteiger charge is 2.26. The fraction of sp³-hybridized carbons (Fsp3) is 0.346. The number of carbonyl (C=O) groups excluding carboxylic acids is 3. The van der Waals surface area contributed by atoms with Crippen molar-refractivity contribution < 1.29 is 19.6 Å². The Kier molecular flexibility index (Phi) is 9.22. The van der Waals surface area contributed by atoms with Crippen LogP contribution in [0.15, 0.2) is 54.7 Å². The van der Waals surface area contributed by atoms with Gasteiger partial charge >= 0.3 is 0 Å². The van der Waals surface area contributed by atoms with E-state index in [4.69, 9.17) is 5.21 Å².